The van der Waals surface area contributed by atoms with E-state index in [0.29, 0.717) is 5.59 Å². The van der Waals surface area contributed by atoms with Crippen LogP contribution in [0.4, 0.5) is 0 Å². The van der Waals surface area contributed by atoms with Gasteiger partial charge in [-0.05, 0) is 12.1 Å². The Kier molecular flexibility index (Phi) is 1.48. The fourth-order valence-corrected chi connectivity index (χ4v) is 0.818. The van der Waals surface area contributed by atoms with Crippen LogP contribution in [0.25, 0.3) is 0 Å². The van der Waals surface area contributed by atoms with Crippen molar-refractivity contribution < 1.29 is 9.31 Å². The summed E-state index contributed by atoms with van der Waals surface area (Å²) in [7, 11) is -0.413. The van der Waals surface area contributed by atoms with Crippen molar-refractivity contribution in [3.63, 3.8) is 0 Å². The lowest BCUT2D eigenvalue weighted by molar-refractivity contribution is 0.421. The summed E-state index contributed by atoms with van der Waals surface area (Å²) < 4.78 is 10.1. The van der Waals surface area contributed by atoms with Gasteiger partial charge in [-0.1, -0.05) is 0 Å². The van der Waals surface area contributed by atoms with E-state index in [1.54, 1.807) is 18.3 Å². The molecule has 2 heterocycles. The lowest BCUT2D eigenvalue weighted by Gasteiger charge is -2.00. The standard InChI is InChI=1S/C6H5BN2O2/c1-2-6(9-8-3-1)7-10-4-5-11-7/h1-5H. The molecule has 2 rings (SSSR count). The first kappa shape index (κ1) is 6.21. The molecule has 54 valence electrons. The van der Waals surface area contributed by atoms with E-state index in [4.69, 9.17) is 9.31 Å². The van der Waals surface area contributed by atoms with Crippen molar-refractivity contribution in [2.45, 2.75) is 0 Å². The van der Waals surface area contributed by atoms with E-state index in [2.05, 4.69) is 10.2 Å². The van der Waals surface area contributed by atoms with Gasteiger partial charge >= 0.3 is 7.12 Å². The van der Waals surface area contributed by atoms with Gasteiger partial charge in [0.05, 0.1) is 12.5 Å². The number of aromatic nitrogens is 2. The predicted octanol–water partition coefficient (Wildman–Crippen LogP) is -0.310. The van der Waals surface area contributed by atoms with Gasteiger partial charge in [0, 0.05) is 6.20 Å². The molecule has 4 nitrogen and oxygen atoms in total. The van der Waals surface area contributed by atoms with Crippen LogP contribution in [0.5, 0.6) is 0 Å². The molecule has 5 heteroatoms. The molecule has 1 aliphatic heterocycles. The minimum absolute atomic E-state index is 0.413. The molecule has 0 atom stereocenters. The molecule has 11 heavy (non-hydrogen) atoms. The van der Waals surface area contributed by atoms with Crippen molar-refractivity contribution in [3.05, 3.63) is 30.9 Å². The van der Waals surface area contributed by atoms with E-state index in [1.165, 1.54) is 12.5 Å². The molecule has 0 spiro atoms. The quantitative estimate of drug-likeness (QED) is 0.512. The maximum atomic E-state index is 5.03. The number of hydrogen-bond acceptors (Lipinski definition) is 4. The van der Waals surface area contributed by atoms with Gasteiger partial charge in [-0.15, -0.1) is 0 Å². The minimum Gasteiger partial charge on any atom is -0.524 e. The summed E-state index contributed by atoms with van der Waals surface area (Å²) in [6, 6.07) is 3.58. The Morgan fingerprint density at radius 3 is 2.73 bits per heavy atom. The highest BCUT2D eigenvalue weighted by Crippen LogP contribution is 1.98. The van der Waals surface area contributed by atoms with E-state index < -0.39 is 7.12 Å². The van der Waals surface area contributed by atoms with E-state index in [9.17, 15) is 0 Å². The number of hydrogen-bond donors (Lipinski definition) is 0. The zero-order chi connectivity index (χ0) is 7.52. The minimum atomic E-state index is -0.413. The van der Waals surface area contributed by atoms with E-state index in [-0.39, 0.29) is 0 Å². The second-order valence-electron chi connectivity index (χ2n) is 2.02. The molecule has 0 aliphatic carbocycles. The molecular weight excluding hydrogens is 143 g/mol. The molecule has 0 aromatic carbocycles. The average molecular weight is 148 g/mol. The van der Waals surface area contributed by atoms with Crippen molar-refractivity contribution in [3.8, 4) is 0 Å². The van der Waals surface area contributed by atoms with Crippen molar-refractivity contribution in [1.29, 1.82) is 0 Å². The number of rotatable bonds is 1. The Bertz CT molecular complexity index is 257. The highest BCUT2D eigenvalue weighted by atomic mass is 16.6. The highest BCUT2D eigenvalue weighted by molar-refractivity contribution is 6.61. The molecule has 0 saturated carbocycles. The molecule has 0 radical (unpaired) electrons. The topological polar surface area (TPSA) is 44.2 Å². The zero-order valence-corrected chi connectivity index (χ0v) is 5.68. The van der Waals surface area contributed by atoms with Crippen molar-refractivity contribution in [2.24, 2.45) is 0 Å². The summed E-state index contributed by atoms with van der Waals surface area (Å²) in [5, 5.41) is 7.51. The van der Waals surface area contributed by atoms with Gasteiger partial charge in [0.1, 0.15) is 5.59 Å². The third kappa shape index (κ3) is 1.17. The van der Waals surface area contributed by atoms with Gasteiger partial charge in [-0.2, -0.15) is 10.2 Å². The molecule has 1 aromatic rings. The van der Waals surface area contributed by atoms with Gasteiger partial charge in [0.15, 0.2) is 0 Å². The molecule has 0 bridgehead atoms. The summed E-state index contributed by atoms with van der Waals surface area (Å²) in [5.74, 6) is 0. The molecule has 0 fully saturated rings. The Hall–Kier alpha value is -1.52. The van der Waals surface area contributed by atoms with Crippen LogP contribution >= 0.6 is 0 Å². The lowest BCUT2D eigenvalue weighted by Crippen LogP contribution is -2.34. The van der Waals surface area contributed by atoms with Crippen LogP contribution < -0.4 is 5.59 Å². The van der Waals surface area contributed by atoms with Crippen LogP contribution in [0.15, 0.2) is 30.9 Å². The van der Waals surface area contributed by atoms with Crippen LogP contribution in [0, 0.1) is 0 Å². The summed E-state index contributed by atoms with van der Waals surface area (Å²) >= 11 is 0. The van der Waals surface area contributed by atoms with Crippen LogP contribution in [0.3, 0.4) is 0 Å². The Morgan fingerprint density at radius 2 is 2.09 bits per heavy atom. The van der Waals surface area contributed by atoms with Gasteiger partial charge in [-0.3, -0.25) is 0 Å². The van der Waals surface area contributed by atoms with Crippen molar-refractivity contribution in [2.75, 3.05) is 0 Å². The van der Waals surface area contributed by atoms with Gasteiger partial charge in [-0.25, -0.2) is 0 Å². The van der Waals surface area contributed by atoms with Crippen molar-refractivity contribution in [1.82, 2.24) is 10.2 Å². The summed E-state index contributed by atoms with van der Waals surface area (Å²) in [5.41, 5.74) is 0.678. The Labute approximate surface area is 64.0 Å². The second kappa shape index (κ2) is 2.61. The van der Waals surface area contributed by atoms with Crippen molar-refractivity contribution >= 4 is 12.7 Å². The maximum absolute atomic E-state index is 5.03. The van der Waals surface area contributed by atoms with E-state index in [1.807, 2.05) is 0 Å². The molecule has 1 aromatic heterocycles. The average Bonchev–Trinajstić information content (AvgIpc) is 2.58. The summed E-state index contributed by atoms with van der Waals surface area (Å²) in [6.07, 6.45) is 4.57. The molecule has 0 saturated heterocycles. The molecule has 0 N–H and O–H groups in total. The molecular formula is C6H5BN2O2. The SMILES string of the molecule is C1=COB(c2cccnn2)O1. The normalized spacial score (nSPS) is 14.4. The zero-order valence-electron chi connectivity index (χ0n) is 5.68. The van der Waals surface area contributed by atoms with Crippen LogP contribution in [-0.4, -0.2) is 17.3 Å². The van der Waals surface area contributed by atoms with Crippen LogP contribution in [-0.2, 0) is 9.31 Å². The van der Waals surface area contributed by atoms with Gasteiger partial charge in [0.2, 0.25) is 0 Å². The molecule has 0 amide bonds. The Balaban J connectivity index is 2.17. The first-order valence-electron chi connectivity index (χ1n) is 3.20. The maximum Gasteiger partial charge on any atom is 0.653 e. The molecule has 1 aliphatic rings. The first-order valence-corrected chi connectivity index (χ1v) is 3.20. The van der Waals surface area contributed by atoms with E-state index >= 15 is 0 Å². The monoisotopic (exact) mass is 148 g/mol. The fourth-order valence-electron chi connectivity index (χ4n) is 0.818. The lowest BCUT2D eigenvalue weighted by atomic mass is 9.85. The van der Waals surface area contributed by atoms with Gasteiger partial charge < -0.3 is 9.31 Å². The third-order valence-corrected chi connectivity index (χ3v) is 1.29. The van der Waals surface area contributed by atoms with Crippen LogP contribution in [0.2, 0.25) is 0 Å². The van der Waals surface area contributed by atoms with Crippen LogP contribution in [0.1, 0.15) is 0 Å². The fraction of sp³-hybridized carbons (Fsp3) is 0. The third-order valence-electron chi connectivity index (χ3n) is 1.29. The summed E-state index contributed by atoms with van der Waals surface area (Å²) in [6.45, 7) is 0. The van der Waals surface area contributed by atoms with Gasteiger partial charge in [0.25, 0.3) is 0 Å². The predicted molar refractivity (Wildman–Crippen MR) is 38.7 cm³/mol. The Morgan fingerprint density at radius 1 is 1.27 bits per heavy atom. The smallest absolute Gasteiger partial charge is 0.524 e. The summed E-state index contributed by atoms with van der Waals surface area (Å²) in [4.78, 5) is 0. The first-order chi connectivity index (χ1) is 5.47. The van der Waals surface area contributed by atoms with E-state index in [0.717, 1.165) is 0 Å². The second-order valence-corrected chi connectivity index (χ2v) is 2.02. The largest absolute Gasteiger partial charge is 0.653 e. The molecule has 0 unspecified atom stereocenters. The highest BCUT2D eigenvalue weighted by Gasteiger charge is 2.28. The number of nitrogens with zero attached hydrogens (tertiary/aromatic N) is 2.